The first-order valence-corrected chi connectivity index (χ1v) is 8.87. The Balaban J connectivity index is 1.79. The summed E-state index contributed by atoms with van der Waals surface area (Å²) in [4.78, 5) is 4.11. The first-order valence-electron chi connectivity index (χ1n) is 7.89. The van der Waals surface area contributed by atoms with Crippen molar-refractivity contribution in [3.63, 3.8) is 0 Å². The van der Waals surface area contributed by atoms with Crippen LogP contribution in [0.4, 0.5) is 13.2 Å². The van der Waals surface area contributed by atoms with Crippen molar-refractivity contribution in [2.45, 2.75) is 16.8 Å². The van der Waals surface area contributed by atoms with Crippen LogP contribution < -0.4 is 0 Å². The molecular formula is C20H12F3NS. The van der Waals surface area contributed by atoms with E-state index in [1.54, 1.807) is 6.07 Å². The Bertz CT molecular complexity index is 1140. The van der Waals surface area contributed by atoms with Gasteiger partial charge in [-0.3, -0.25) is 0 Å². The van der Waals surface area contributed by atoms with E-state index in [9.17, 15) is 13.2 Å². The number of H-pyrrole nitrogens is 1. The van der Waals surface area contributed by atoms with Crippen molar-refractivity contribution in [3.8, 4) is 11.3 Å². The van der Waals surface area contributed by atoms with Crippen LogP contribution in [0.15, 0.2) is 59.5 Å². The van der Waals surface area contributed by atoms with E-state index in [1.807, 2.05) is 18.2 Å². The van der Waals surface area contributed by atoms with Crippen LogP contribution in [0, 0.1) is 0 Å². The van der Waals surface area contributed by atoms with Crippen LogP contribution in [0.25, 0.3) is 32.9 Å². The van der Waals surface area contributed by atoms with Gasteiger partial charge in [0.25, 0.3) is 0 Å². The van der Waals surface area contributed by atoms with Gasteiger partial charge >= 0.3 is 6.18 Å². The first kappa shape index (κ1) is 14.9. The standard InChI is InChI=1S/C20H12F3NS/c21-20(22,23)12-6-7-14-17(9-12)25-10-15-18-13-4-2-1-3-11(13)5-8-16(18)24-19(14)15/h1-9,24H,10H2. The molecule has 0 fully saturated rings. The number of fused-ring (bicyclic) bond motifs is 7. The number of nitrogens with one attached hydrogen (secondary N) is 1. The molecule has 0 amide bonds. The average molecular weight is 355 g/mol. The third kappa shape index (κ3) is 2.19. The molecular weight excluding hydrogens is 343 g/mol. The topological polar surface area (TPSA) is 15.8 Å². The third-order valence-electron chi connectivity index (χ3n) is 4.74. The molecule has 2 heterocycles. The van der Waals surface area contributed by atoms with Crippen LogP contribution in [-0.2, 0) is 11.9 Å². The van der Waals surface area contributed by atoms with Crippen LogP contribution in [-0.4, -0.2) is 4.98 Å². The van der Waals surface area contributed by atoms with Gasteiger partial charge < -0.3 is 4.98 Å². The van der Waals surface area contributed by atoms with Crippen molar-refractivity contribution in [3.05, 3.63) is 65.7 Å². The van der Waals surface area contributed by atoms with Gasteiger partial charge in [0.1, 0.15) is 0 Å². The van der Waals surface area contributed by atoms with Crippen LogP contribution >= 0.6 is 11.8 Å². The molecule has 5 heteroatoms. The molecule has 5 rings (SSSR count). The van der Waals surface area contributed by atoms with E-state index in [1.165, 1.54) is 39.6 Å². The molecule has 1 aliphatic heterocycles. The molecule has 4 aromatic rings. The Morgan fingerprint density at radius 3 is 2.64 bits per heavy atom. The molecule has 0 aliphatic carbocycles. The molecule has 0 unspecified atom stereocenters. The Hall–Kier alpha value is -2.40. The fraction of sp³-hybridized carbons (Fsp3) is 0.100. The van der Waals surface area contributed by atoms with Gasteiger partial charge in [0.05, 0.1) is 11.3 Å². The molecule has 0 atom stereocenters. The summed E-state index contributed by atoms with van der Waals surface area (Å²) in [5.74, 6) is 0.664. The van der Waals surface area contributed by atoms with Crippen LogP contribution in [0.1, 0.15) is 11.1 Å². The lowest BCUT2D eigenvalue weighted by molar-refractivity contribution is -0.137. The summed E-state index contributed by atoms with van der Waals surface area (Å²) in [5.41, 5.74) is 3.39. The maximum atomic E-state index is 13.0. The minimum atomic E-state index is -4.31. The van der Waals surface area contributed by atoms with Gasteiger partial charge in [0.15, 0.2) is 0 Å². The Morgan fingerprint density at radius 2 is 1.80 bits per heavy atom. The van der Waals surface area contributed by atoms with Crippen LogP contribution in [0.5, 0.6) is 0 Å². The normalized spacial score (nSPS) is 13.9. The number of rotatable bonds is 0. The van der Waals surface area contributed by atoms with E-state index in [4.69, 9.17) is 0 Å². The highest BCUT2D eigenvalue weighted by Gasteiger charge is 2.32. The zero-order valence-corrected chi connectivity index (χ0v) is 13.8. The van der Waals surface area contributed by atoms with Crippen LogP contribution in [0.3, 0.4) is 0 Å². The number of aromatic nitrogens is 1. The molecule has 124 valence electrons. The number of aromatic amines is 1. The molecule has 1 nitrogen and oxygen atoms in total. The van der Waals surface area contributed by atoms with Gasteiger partial charge in [-0.15, -0.1) is 11.8 Å². The van der Waals surface area contributed by atoms with Gasteiger partial charge in [0, 0.05) is 27.1 Å². The van der Waals surface area contributed by atoms with Crippen LogP contribution in [0.2, 0.25) is 0 Å². The zero-order chi connectivity index (χ0) is 17.2. The fourth-order valence-corrected chi connectivity index (χ4v) is 4.71. The number of hydrogen-bond acceptors (Lipinski definition) is 1. The number of alkyl halides is 3. The number of benzene rings is 3. The number of thioether (sulfide) groups is 1. The second kappa shape index (κ2) is 5.05. The van der Waals surface area contributed by atoms with Gasteiger partial charge in [-0.25, -0.2) is 0 Å². The van der Waals surface area contributed by atoms with Gasteiger partial charge in [-0.05, 0) is 34.5 Å². The van der Waals surface area contributed by atoms with E-state index in [0.717, 1.165) is 22.8 Å². The van der Waals surface area contributed by atoms with E-state index < -0.39 is 11.7 Å². The molecule has 0 radical (unpaired) electrons. The zero-order valence-electron chi connectivity index (χ0n) is 12.9. The largest absolute Gasteiger partial charge is 0.416 e. The highest BCUT2D eigenvalue weighted by Crippen LogP contribution is 2.47. The quantitative estimate of drug-likeness (QED) is 0.375. The van der Waals surface area contributed by atoms with Crippen molar-refractivity contribution >= 4 is 33.4 Å². The summed E-state index contributed by atoms with van der Waals surface area (Å²) < 4.78 is 38.9. The van der Waals surface area contributed by atoms with E-state index in [2.05, 4.69) is 23.2 Å². The summed E-state index contributed by atoms with van der Waals surface area (Å²) in [6.45, 7) is 0. The molecule has 0 spiro atoms. The predicted octanol–water partition coefficient (Wildman–Crippen LogP) is 6.61. The maximum Gasteiger partial charge on any atom is 0.416 e. The summed E-state index contributed by atoms with van der Waals surface area (Å²) in [5, 5.41) is 3.51. The second-order valence-corrected chi connectivity index (χ2v) is 7.20. The molecule has 25 heavy (non-hydrogen) atoms. The number of halogens is 3. The summed E-state index contributed by atoms with van der Waals surface area (Å²) in [7, 11) is 0. The van der Waals surface area contributed by atoms with E-state index >= 15 is 0 Å². The molecule has 1 N–H and O–H groups in total. The molecule has 1 aliphatic rings. The number of hydrogen-bond donors (Lipinski definition) is 1. The van der Waals surface area contributed by atoms with Crippen molar-refractivity contribution in [1.82, 2.24) is 4.98 Å². The molecule has 0 bridgehead atoms. The summed E-state index contributed by atoms with van der Waals surface area (Å²) in [6.07, 6.45) is -4.31. The van der Waals surface area contributed by atoms with Gasteiger partial charge in [-0.2, -0.15) is 13.2 Å². The van der Waals surface area contributed by atoms with Gasteiger partial charge in [0.2, 0.25) is 0 Å². The smallest absolute Gasteiger partial charge is 0.354 e. The first-order chi connectivity index (χ1) is 12.0. The monoisotopic (exact) mass is 355 g/mol. The van der Waals surface area contributed by atoms with Gasteiger partial charge in [-0.1, -0.05) is 36.4 Å². The Kier molecular flexibility index (Phi) is 3.01. The van der Waals surface area contributed by atoms with Crippen molar-refractivity contribution < 1.29 is 13.2 Å². The van der Waals surface area contributed by atoms with Crippen molar-refractivity contribution in [2.75, 3.05) is 0 Å². The van der Waals surface area contributed by atoms with E-state index in [0.29, 0.717) is 10.6 Å². The summed E-state index contributed by atoms with van der Waals surface area (Å²) in [6, 6.07) is 16.3. The molecule has 0 saturated heterocycles. The Morgan fingerprint density at radius 1 is 0.960 bits per heavy atom. The minimum absolute atomic E-state index is 0.594. The van der Waals surface area contributed by atoms with Crippen molar-refractivity contribution in [2.24, 2.45) is 0 Å². The lowest BCUT2D eigenvalue weighted by atomic mass is 10.0. The summed E-state index contributed by atoms with van der Waals surface area (Å²) >= 11 is 1.47. The third-order valence-corrected chi connectivity index (χ3v) is 5.82. The predicted molar refractivity (Wildman–Crippen MR) is 95.8 cm³/mol. The molecule has 0 saturated carbocycles. The lowest BCUT2D eigenvalue weighted by Gasteiger charge is -2.18. The highest BCUT2D eigenvalue weighted by molar-refractivity contribution is 7.98. The second-order valence-electron chi connectivity index (χ2n) is 6.19. The highest BCUT2D eigenvalue weighted by atomic mass is 32.2. The molecule has 1 aromatic heterocycles. The SMILES string of the molecule is FC(F)(F)c1ccc2c(c1)SCc1c-2[nH]c2ccc3ccccc3c12. The van der Waals surface area contributed by atoms with Crippen molar-refractivity contribution in [1.29, 1.82) is 0 Å². The minimum Gasteiger partial charge on any atom is -0.354 e. The fourth-order valence-electron chi connectivity index (χ4n) is 3.58. The van der Waals surface area contributed by atoms with E-state index in [-0.39, 0.29) is 0 Å². The maximum absolute atomic E-state index is 13.0. The average Bonchev–Trinajstić information content (AvgIpc) is 3.00. The Labute approximate surface area is 145 Å². The lowest BCUT2D eigenvalue weighted by Crippen LogP contribution is -2.06. The molecule has 3 aromatic carbocycles.